The zero-order valence-electron chi connectivity index (χ0n) is 13.1. The summed E-state index contributed by atoms with van der Waals surface area (Å²) in [6.07, 6.45) is 1.42. The van der Waals surface area contributed by atoms with Gasteiger partial charge in [0.1, 0.15) is 12.2 Å². The predicted molar refractivity (Wildman–Crippen MR) is 78.3 cm³/mol. The summed E-state index contributed by atoms with van der Waals surface area (Å²) in [6.45, 7) is 3.91. The maximum atomic E-state index is 12.5. The number of carboxylic acid groups (broad SMARTS) is 1. The highest BCUT2D eigenvalue weighted by atomic mass is 16.4. The Morgan fingerprint density at radius 2 is 2.05 bits per heavy atom. The van der Waals surface area contributed by atoms with Crippen molar-refractivity contribution in [2.75, 3.05) is 7.05 Å². The molecule has 8 nitrogen and oxygen atoms in total. The lowest BCUT2D eigenvalue weighted by Crippen LogP contribution is -2.29. The number of carboxylic acids is 1. The third-order valence-electron chi connectivity index (χ3n) is 3.62. The molecular weight excluding hydrogens is 286 g/mol. The van der Waals surface area contributed by atoms with Crippen LogP contribution < -0.4 is 0 Å². The van der Waals surface area contributed by atoms with Gasteiger partial charge in [-0.2, -0.15) is 10.2 Å². The Labute approximate surface area is 127 Å². The highest BCUT2D eigenvalue weighted by Gasteiger charge is 2.20. The van der Waals surface area contributed by atoms with Crippen LogP contribution in [0.4, 0.5) is 0 Å². The van der Waals surface area contributed by atoms with Crippen molar-refractivity contribution in [3.05, 3.63) is 34.9 Å². The van der Waals surface area contributed by atoms with Gasteiger partial charge in [-0.25, -0.2) is 4.68 Å². The van der Waals surface area contributed by atoms with Gasteiger partial charge in [-0.1, -0.05) is 0 Å². The average Bonchev–Trinajstić information content (AvgIpc) is 2.97. The summed E-state index contributed by atoms with van der Waals surface area (Å²) in [7, 11) is 3.53. The minimum Gasteiger partial charge on any atom is -0.480 e. The molecule has 0 spiro atoms. The predicted octanol–water partition coefficient (Wildman–Crippen LogP) is 0.590. The van der Waals surface area contributed by atoms with Gasteiger partial charge < -0.3 is 10.0 Å². The molecule has 0 bridgehead atoms. The smallest absolute Gasteiger partial charge is 0.325 e. The molecule has 0 fully saturated rings. The molecule has 2 aromatic heterocycles. The number of aromatic nitrogens is 4. The second kappa shape index (κ2) is 6.00. The Balaban J connectivity index is 2.19. The van der Waals surface area contributed by atoms with Crippen molar-refractivity contribution in [1.82, 2.24) is 24.5 Å². The van der Waals surface area contributed by atoms with E-state index in [1.807, 2.05) is 20.9 Å². The van der Waals surface area contributed by atoms with Crippen molar-refractivity contribution in [1.29, 1.82) is 0 Å². The summed E-state index contributed by atoms with van der Waals surface area (Å²) in [5.74, 6) is -1.32. The van der Waals surface area contributed by atoms with Crippen LogP contribution in [0.1, 0.15) is 27.4 Å². The third-order valence-corrected chi connectivity index (χ3v) is 3.62. The summed E-state index contributed by atoms with van der Waals surface area (Å²) in [4.78, 5) is 24.8. The number of nitrogens with zero attached hydrogens (tertiary/aromatic N) is 5. The molecule has 0 radical (unpaired) electrons. The normalized spacial score (nSPS) is 10.7. The second-order valence-electron chi connectivity index (χ2n) is 5.20. The van der Waals surface area contributed by atoms with Crippen molar-refractivity contribution in [2.24, 2.45) is 7.05 Å². The Morgan fingerprint density at radius 1 is 1.36 bits per heavy atom. The van der Waals surface area contributed by atoms with E-state index >= 15 is 0 Å². The third kappa shape index (κ3) is 3.00. The van der Waals surface area contributed by atoms with Crippen LogP contribution in [0.2, 0.25) is 0 Å². The largest absolute Gasteiger partial charge is 0.480 e. The van der Waals surface area contributed by atoms with Crippen LogP contribution in [-0.4, -0.2) is 48.5 Å². The fourth-order valence-corrected chi connectivity index (χ4v) is 2.32. The van der Waals surface area contributed by atoms with E-state index in [-0.39, 0.29) is 18.1 Å². The molecule has 1 amide bonds. The molecule has 0 aromatic carbocycles. The van der Waals surface area contributed by atoms with Gasteiger partial charge in [0.2, 0.25) is 0 Å². The second-order valence-corrected chi connectivity index (χ2v) is 5.20. The average molecular weight is 305 g/mol. The molecule has 8 heteroatoms. The van der Waals surface area contributed by atoms with Gasteiger partial charge >= 0.3 is 5.97 Å². The number of aryl methyl sites for hydroxylation is 2. The summed E-state index contributed by atoms with van der Waals surface area (Å²) in [6, 6.07) is 1.52. The zero-order chi connectivity index (χ0) is 16.4. The Morgan fingerprint density at radius 3 is 2.59 bits per heavy atom. The monoisotopic (exact) mass is 305 g/mol. The number of hydrogen-bond acceptors (Lipinski definition) is 4. The highest BCUT2D eigenvalue weighted by Crippen LogP contribution is 2.15. The highest BCUT2D eigenvalue weighted by molar-refractivity contribution is 5.92. The van der Waals surface area contributed by atoms with Gasteiger partial charge in [0.15, 0.2) is 0 Å². The fourth-order valence-electron chi connectivity index (χ4n) is 2.32. The Bertz CT molecular complexity index is 716. The van der Waals surface area contributed by atoms with Crippen LogP contribution in [0.5, 0.6) is 0 Å². The van der Waals surface area contributed by atoms with E-state index in [1.165, 1.54) is 21.8 Å². The topological polar surface area (TPSA) is 93.3 Å². The number of hydrogen-bond donors (Lipinski definition) is 1. The molecule has 0 saturated carbocycles. The molecule has 2 aromatic rings. The maximum Gasteiger partial charge on any atom is 0.325 e. The van der Waals surface area contributed by atoms with E-state index in [4.69, 9.17) is 5.11 Å². The van der Waals surface area contributed by atoms with Gasteiger partial charge in [0.25, 0.3) is 5.91 Å². The van der Waals surface area contributed by atoms with Gasteiger partial charge in [0, 0.05) is 38.1 Å². The Kier molecular flexibility index (Phi) is 4.30. The van der Waals surface area contributed by atoms with Crippen LogP contribution in [-0.2, 0) is 24.9 Å². The van der Waals surface area contributed by atoms with Crippen molar-refractivity contribution in [3.8, 4) is 0 Å². The van der Waals surface area contributed by atoms with Crippen molar-refractivity contribution < 1.29 is 14.7 Å². The van der Waals surface area contributed by atoms with E-state index in [0.29, 0.717) is 6.54 Å². The first-order chi connectivity index (χ1) is 10.3. The SMILES string of the molecule is Cc1nn(C)c(C)c1CN(C)C(=O)c1ccnn1CC(=O)O. The minimum atomic E-state index is -1.04. The molecule has 0 aliphatic rings. The lowest BCUT2D eigenvalue weighted by Gasteiger charge is -2.18. The van der Waals surface area contributed by atoms with Crippen LogP contribution in [0, 0.1) is 13.8 Å². The first-order valence-corrected chi connectivity index (χ1v) is 6.79. The zero-order valence-corrected chi connectivity index (χ0v) is 13.1. The van der Waals surface area contributed by atoms with Gasteiger partial charge in [-0.05, 0) is 19.9 Å². The summed E-state index contributed by atoms with van der Waals surface area (Å²) < 4.78 is 2.96. The Hall–Kier alpha value is -2.64. The molecule has 0 atom stereocenters. The molecule has 2 heterocycles. The molecule has 2 rings (SSSR count). The van der Waals surface area contributed by atoms with Crippen molar-refractivity contribution in [3.63, 3.8) is 0 Å². The summed E-state index contributed by atoms with van der Waals surface area (Å²) in [5.41, 5.74) is 3.11. The molecule has 0 unspecified atom stereocenters. The van der Waals surface area contributed by atoms with Crippen LogP contribution in [0.25, 0.3) is 0 Å². The van der Waals surface area contributed by atoms with E-state index < -0.39 is 5.97 Å². The lowest BCUT2D eigenvalue weighted by atomic mass is 10.2. The van der Waals surface area contributed by atoms with E-state index in [0.717, 1.165) is 17.0 Å². The number of carbonyl (C=O) groups is 2. The first kappa shape index (κ1) is 15.7. The molecule has 118 valence electrons. The van der Waals surface area contributed by atoms with Crippen molar-refractivity contribution in [2.45, 2.75) is 26.9 Å². The number of rotatable bonds is 5. The molecule has 0 saturated heterocycles. The van der Waals surface area contributed by atoms with Crippen LogP contribution in [0.15, 0.2) is 12.3 Å². The maximum absolute atomic E-state index is 12.5. The summed E-state index contributed by atoms with van der Waals surface area (Å²) in [5, 5.41) is 17.0. The quantitative estimate of drug-likeness (QED) is 0.872. The van der Waals surface area contributed by atoms with E-state index in [1.54, 1.807) is 11.7 Å². The lowest BCUT2D eigenvalue weighted by molar-refractivity contribution is -0.137. The first-order valence-electron chi connectivity index (χ1n) is 6.79. The van der Waals surface area contributed by atoms with Gasteiger partial charge in [-0.3, -0.25) is 14.3 Å². The van der Waals surface area contributed by atoms with E-state index in [2.05, 4.69) is 10.2 Å². The van der Waals surface area contributed by atoms with E-state index in [9.17, 15) is 9.59 Å². The molecule has 1 N–H and O–H groups in total. The molecule has 0 aliphatic heterocycles. The van der Waals surface area contributed by atoms with Crippen LogP contribution >= 0.6 is 0 Å². The number of aliphatic carboxylic acids is 1. The standard InChI is InChI=1S/C14H19N5O3/c1-9-11(10(2)18(4)16-9)7-17(3)14(22)12-5-6-15-19(12)8-13(20)21/h5-6H,7-8H2,1-4H3,(H,20,21). The number of carbonyl (C=O) groups excluding carboxylic acids is 1. The molecule has 22 heavy (non-hydrogen) atoms. The fraction of sp³-hybridized carbons (Fsp3) is 0.429. The van der Waals surface area contributed by atoms with Gasteiger partial charge in [-0.15, -0.1) is 0 Å². The molecular formula is C14H19N5O3. The van der Waals surface area contributed by atoms with Crippen LogP contribution in [0.3, 0.4) is 0 Å². The van der Waals surface area contributed by atoms with Crippen molar-refractivity contribution >= 4 is 11.9 Å². The molecule has 0 aliphatic carbocycles. The van der Waals surface area contributed by atoms with Gasteiger partial charge in [0.05, 0.1) is 5.69 Å². The summed E-state index contributed by atoms with van der Waals surface area (Å²) >= 11 is 0. The number of amides is 1. The minimum absolute atomic E-state index is 0.254.